The summed E-state index contributed by atoms with van der Waals surface area (Å²) in [5, 5.41) is 16.1. The Morgan fingerprint density at radius 3 is 3.00 bits per heavy atom. The average Bonchev–Trinajstić information content (AvgIpc) is 2.93. The fraction of sp³-hybridized carbons (Fsp3) is 0.357. The maximum atomic E-state index is 13.3. The van der Waals surface area contributed by atoms with E-state index in [4.69, 9.17) is 9.94 Å². The van der Waals surface area contributed by atoms with Gasteiger partial charge in [0.25, 0.3) is 0 Å². The second-order valence-corrected chi connectivity index (χ2v) is 4.51. The molecular weight excluding hydrogens is 275 g/mol. The molecule has 0 aliphatic carbocycles. The number of halogens is 1. The first kappa shape index (κ1) is 15.0. The molecule has 0 atom stereocenters. The van der Waals surface area contributed by atoms with Gasteiger partial charge in [0.15, 0.2) is 5.82 Å². The molecular formula is C14H17FN4O2. The third-order valence-electron chi connectivity index (χ3n) is 2.97. The van der Waals surface area contributed by atoms with E-state index in [0.29, 0.717) is 17.1 Å². The van der Waals surface area contributed by atoms with Gasteiger partial charge in [-0.15, -0.1) is 0 Å². The largest absolute Gasteiger partial charge is 0.485 e. The SMILES string of the molecule is CCCn1ncnc1COc1ccc(F)cc1/C(C)=N/O. The highest BCUT2D eigenvalue weighted by molar-refractivity contribution is 6.00. The highest BCUT2D eigenvalue weighted by Gasteiger charge is 2.11. The topological polar surface area (TPSA) is 72.5 Å². The smallest absolute Gasteiger partial charge is 0.164 e. The van der Waals surface area contributed by atoms with Crippen molar-refractivity contribution in [1.29, 1.82) is 0 Å². The van der Waals surface area contributed by atoms with Crippen molar-refractivity contribution in [3.8, 4) is 5.75 Å². The molecule has 112 valence electrons. The van der Waals surface area contributed by atoms with Crippen LogP contribution in [0.5, 0.6) is 5.75 Å². The van der Waals surface area contributed by atoms with Crippen LogP contribution in [0.2, 0.25) is 0 Å². The Balaban J connectivity index is 2.18. The van der Waals surface area contributed by atoms with E-state index in [0.717, 1.165) is 13.0 Å². The molecule has 1 aromatic heterocycles. The summed E-state index contributed by atoms with van der Waals surface area (Å²) in [6.07, 6.45) is 2.41. The molecule has 0 aliphatic rings. The summed E-state index contributed by atoms with van der Waals surface area (Å²) in [7, 11) is 0. The quantitative estimate of drug-likeness (QED) is 0.504. The van der Waals surface area contributed by atoms with Gasteiger partial charge in [0, 0.05) is 12.1 Å². The summed E-state index contributed by atoms with van der Waals surface area (Å²) < 4.78 is 20.7. The van der Waals surface area contributed by atoms with E-state index in [1.807, 2.05) is 6.92 Å². The first-order valence-corrected chi connectivity index (χ1v) is 6.63. The monoisotopic (exact) mass is 292 g/mol. The average molecular weight is 292 g/mol. The summed E-state index contributed by atoms with van der Waals surface area (Å²) in [6, 6.07) is 4.06. The van der Waals surface area contributed by atoms with Crippen molar-refractivity contribution in [1.82, 2.24) is 14.8 Å². The first-order chi connectivity index (χ1) is 10.2. The highest BCUT2D eigenvalue weighted by Crippen LogP contribution is 2.21. The lowest BCUT2D eigenvalue weighted by Gasteiger charge is -2.11. The van der Waals surface area contributed by atoms with E-state index >= 15 is 0 Å². The van der Waals surface area contributed by atoms with Crippen molar-refractivity contribution in [2.45, 2.75) is 33.4 Å². The van der Waals surface area contributed by atoms with Gasteiger partial charge in [-0.2, -0.15) is 5.10 Å². The van der Waals surface area contributed by atoms with Crippen molar-refractivity contribution < 1.29 is 14.3 Å². The third kappa shape index (κ3) is 3.56. The Morgan fingerprint density at radius 2 is 2.29 bits per heavy atom. The van der Waals surface area contributed by atoms with E-state index in [9.17, 15) is 4.39 Å². The van der Waals surface area contributed by atoms with Gasteiger partial charge in [-0.25, -0.2) is 14.1 Å². The molecule has 0 spiro atoms. The lowest BCUT2D eigenvalue weighted by Crippen LogP contribution is -2.10. The van der Waals surface area contributed by atoms with Crippen LogP contribution in [0.15, 0.2) is 29.7 Å². The summed E-state index contributed by atoms with van der Waals surface area (Å²) >= 11 is 0. The van der Waals surface area contributed by atoms with E-state index in [-0.39, 0.29) is 12.3 Å². The normalized spacial score (nSPS) is 11.7. The van der Waals surface area contributed by atoms with Crippen molar-refractivity contribution in [2.75, 3.05) is 0 Å². The second kappa shape index (κ2) is 6.83. The van der Waals surface area contributed by atoms with Gasteiger partial charge in [0.1, 0.15) is 24.5 Å². The Labute approximate surface area is 121 Å². The standard InChI is InChI=1S/C14H17FN4O2/c1-3-6-19-14(16-9-17-19)8-21-13-5-4-11(15)7-12(13)10(2)18-20/h4-5,7,9,20H,3,6,8H2,1-2H3/b18-10+. The molecule has 21 heavy (non-hydrogen) atoms. The minimum atomic E-state index is -0.422. The molecule has 0 aliphatic heterocycles. The van der Waals surface area contributed by atoms with Gasteiger partial charge >= 0.3 is 0 Å². The van der Waals surface area contributed by atoms with Crippen molar-refractivity contribution >= 4 is 5.71 Å². The van der Waals surface area contributed by atoms with Gasteiger partial charge in [0.05, 0.1) is 5.71 Å². The number of benzene rings is 1. The molecule has 1 N–H and O–H groups in total. The van der Waals surface area contributed by atoms with Crippen LogP contribution in [0.4, 0.5) is 4.39 Å². The van der Waals surface area contributed by atoms with Gasteiger partial charge < -0.3 is 9.94 Å². The van der Waals surface area contributed by atoms with Crippen molar-refractivity contribution in [3.63, 3.8) is 0 Å². The number of aromatic nitrogens is 3. The number of aryl methyl sites for hydroxylation is 1. The minimum absolute atomic E-state index is 0.206. The first-order valence-electron chi connectivity index (χ1n) is 6.63. The van der Waals surface area contributed by atoms with Crippen LogP contribution in [0, 0.1) is 5.82 Å². The van der Waals surface area contributed by atoms with Crippen LogP contribution in [0.3, 0.4) is 0 Å². The molecule has 6 nitrogen and oxygen atoms in total. The molecule has 7 heteroatoms. The molecule has 0 radical (unpaired) electrons. The number of hydrogen-bond acceptors (Lipinski definition) is 5. The zero-order valence-corrected chi connectivity index (χ0v) is 12.0. The number of nitrogens with zero attached hydrogens (tertiary/aromatic N) is 4. The van der Waals surface area contributed by atoms with Crippen LogP contribution in [0.1, 0.15) is 31.7 Å². The number of oxime groups is 1. The number of ether oxygens (including phenoxy) is 1. The fourth-order valence-electron chi connectivity index (χ4n) is 1.91. The summed E-state index contributed by atoms with van der Waals surface area (Å²) in [6.45, 7) is 4.58. The van der Waals surface area contributed by atoms with E-state index in [1.165, 1.54) is 24.5 Å². The van der Waals surface area contributed by atoms with Crippen LogP contribution in [-0.2, 0) is 13.2 Å². The molecule has 0 bridgehead atoms. The fourth-order valence-corrected chi connectivity index (χ4v) is 1.91. The number of rotatable bonds is 6. The van der Waals surface area contributed by atoms with E-state index in [1.54, 1.807) is 11.6 Å². The molecule has 0 saturated heterocycles. The Bertz CT molecular complexity index is 640. The molecule has 0 saturated carbocycles. The van der Waals surface area contributed by atoms with Crippen LogP contribution in [0.25, 0.3) is 0 Å². The predicted molar refractivity (Wildman–Crippen MR) is 75.0 cm³/mol. The molecule has 1 heterocycles. The Morgan fingerprint density at radius 1 is 1.48 bits per heavy atom. The molecule has 1 aromatic carbocycles. The zero-order chi connectivity index (χ0) is 15.2. The van der Waals surface area contributed by atoms with Crippen molar-refractivity contribution in [3.05, 3.63) is 41.7 Å². The van der Waals surface area contributed by atoms with Crippen LogP contribution < -0.4 is 4.74 Å². The summed E-state index contributed by atoms with van der Waals surface area (Å²) in [4.78, 5) is 4.14. The number of hydrogen-bond donors (Lipinski definition) is 1. The van der Waals surface area contributed by atoms with Gasteiger partial charge in [-0.1, -0.05) is 12.1 Å². The molecule has 2 rings (SSSR count). The van der Waals surface area contributed by atoms with Crippen LogP contribution in [-0.4, -0.2) is 25.7 Å². The van der Waals surface area contributed by atoms with Crippen molar-refractivity contribution in [2.24, 2.45) is 5.16 Å². The van der Waals surface area contributed by atoms with Gasteiger partial charge in [-0.3, -0.25) is 0 Å². The van der Waals surface area contributed by atoms with Crippen LogP contribution >= 0.6 is 0 Å². The Hall–Kier alpha value is -2.44. The predicted octanol–water partition coefficient (Wildman–Crippen LogP) is 2.60. The highest BCUT2D eigenvalue weighted by atomic mass is 19.1. The molecule has 0 amide bonds. The molecule has 0 fully saturated rings. The maximum absolute atomic E-state index is 13.3. The molecule has 0 unspecified atom stereocenters. The lowest BCUT2D eigenvalue weighted by molar-refractivity contribution is 0.284. The summed E-state index contributed by atoms with van der Waals surface area (Å²) in [5.74, 6) is 0.693. The van der Waals surface area contributed by atoms with Gasteiger partial charge in [-0.05, 0) is 31.5 Å². The molecule has 2 aromatic rings. The van der Waals surface area contributed by atoms with Gasteiger partial charge in [0.2, 0.25) is 0 Å². The Kier molecular flexibility index (Phi) is 4.86. The van der Waals surface area contributed by atoms with E-state index < -0.39 is 5.82 Å². The third-order valence-corrected chi connectivity index (χ3v) is 2.97. The zero-order valence-electron chi connectivity index (χ0n) is 12.0. The summed E-state index contributed by atoms with van der Waals surface area (Å²) in [5.41, 5.74) is 0.679. The minimum Gasteiger partial charge on any atom is -0.485 e. The van der Waals surface area contributed by atoms with E-state index in [2.05, 4.69) is 15.2 Å². The maximum Gasteiger partial charge on any atom is 0.164 e. The lowest BCUT2D eigenvalue weighted by atomic mass is 10.1. The second-order valence-electron chi connectivity index (χ2n) is 4.51.